The molecule has 0 spiro atoms. The Bertz CT molecular complexity index is 1000. The van der Waals surface area contributed by atoms with Crippen molar-refractivity contribution in [2.45, 2.75) is 44.2 Å². The molecule has 0 saturated heterocycles. The molecule has 1 fully saturated rings. The van der Waals surface area contributed by atoms with Crippen LogP contribution in [-0.2, 0) is 17.8 Å². The molecule has 30 heavy (non-hydrogen) atoms. The van der Waals surface area contributed by atoms with Crippen molar-refractivity contribution in [2.24, 2.45) is 5.92 Å². The molecule has 1 N–H and O–H groups in total. The zero-order valence-electron chi connectivity index (χ0n) is 17.9. The van der Waals surface area contributed by atoms with Gasteiger partial charge in [0.25, 0.3) is 0 Å². The number of carbonyl (C=O) groups is 1. The summed E-state index contributed by atoms with van der Waals surface area (Å²) < 4.78 is 0. The summed E-state index contributed by atoms with van der Waals surface area (Å²) in [7, 11) is 4.14. The predicted molar refractivity (Wildman–Crippen MR) is 123 cm³/mol. The summed E-state index contributed by atoms with van der Waals surface area (Å²) in [6.45, 7) is 0.926. The number of fused-ring (bicyclic) bond motifs is 1. The van der Waals surface area contributed by atoms with E-state index in [4.69, 9.17) is 0 Å². The van der Waals surface area contributed by atoms with Gasteiger partial charge in [-0.15, -0.1) is 0 Å². The van der Waals surface area contributed by atoms with Gasteiger partial charge < -0.3 is 10.0 Å². The second-order valence-corrected chi connectivity index (χ2v) is 8.94. The Kier molecular flexibility index (Phi) is 6.31. The van der Waals surface area contributed by atoms with Crippen LogP contribution in [0, 0.1) is 5.92 Å². The number of benzene rings is 3. The Morgan fingerprint density at radius 2 is 1.70 bits per heavy atom. The highest BCUT2D eigenvalue weighted by molar-refractivity contribution is 5.92. The first-order valence-electron chi connectivity index (χ1n) is 10.9. The Morgan fingerprint density at radius 1 is 0.967 bits per heavy atom. The summed E-state index contributed by atoms with van der Waals surface area (Å²) in [5, 5.41) is 12.9. The average molecular weight is 402 g/mol. The van der Waals surface area contributed by atoms with Gasteiger partial charge in [0.05, 0.1) is 6.10 Å². The molecule has 0 radical (unpaired) electrons. The second kappa shape index (κ2) is 9.11. The van der Waals surface area contributed by atoms with E-state index >= 15 is 0 Å². The third kappa shape index (κ3) is 4.63. The van der Waals surface area contributed by atoms with Crippen LogP contribution in [0.1, 0.15) is 41.9 Å². The van der Waals surface area contributed by atoms with Crippen LogP contribution in [0.4, 0.5) is 0 Å². The van der Waals surface area contributed by atoms with Crippen molar-refractivity contribution < 1.29 is 9.90 Å². The maximum atomic E-state index is 13.2. The fourth-order valence-electron chi connectivity index (χ4n) is 4.83. The number of carbonyl (C=O) groups excluding carboxylic acids is 1. The lowest BCUT2D eigenvalue weighted by Gasteiger charge is -2.33. The van der Waals surface area contributed by atoms with Crippen molar-refractivity contribution in [3.8, 4) is 0 Å². The van der Waals surface area contributed by atoms with Gasteiger partial charge in [-0.25, -0.2) is 0 Å². The first kappa shape index (κ1) is 20.8. The zero-order chi connectivity index (χ0) is 21.1. The van der Waals surface area contributed by atoms with Gasteiger partial charge in [0.15, 0.2) is 0 Å². The molecule has 3 aromatic rings. The molecule has 1 aliphatic rings. The number of hydrogen-bond acceptors (Lipinski definition) is 3. The lowest BCUT2D eigenvalue weighted by atomic mass is 9.73. The molecule has 0 amide bonds. The second-order valence-electron chi connectivity index (χ2n) is 8.94. The number of Topliss-reactive ketones (excluding diaryl/α,β-unsaturated/α-hetero) is 1. The van der Waals surface area contributed by atoms with Gasteiger partial charge in [-0.3, -0.25) is 4.79 Å². The number of hydrogen-bond donors (Lipinski definition) is 1. The van der Waals surface area contributed by atoms with Crippen LogP contribution in [0.25, 0.3) is 10.8 Å². The van der Waals surface area contributed by atoms with Crippen LogP contribution in [0.2, 0.25) is 0 Å². The fourth-order valence-corrected chi connectivity index (χ4v) is 4.83. The van der Waals surface area contributed by atoms with Crippen molar-refractivity contribution in [1.82, 2.24) is 4.90 Å². The van der Waals surface area contributed by atoms with Crippen LogP contribution >= 0.6 is 0 Å². The number of nitrogens with zero attached hydrogens (tertiary/aromatic N) is 1. The highest BCUT2D eigenvalue weighted by Crippen LogP contribution is 2.37. The van der Waals surface area contributed by atoms with Crippen molar-refractivity contribution in [3.63, 3.8) is 0 Å². The standard InChI is InChI=1S/C27H31NO2/c1-28(2)18-19-10-12-20(13-11-19)22-14-15-26(29)25(16-22)27(30)17-23-8-5-7-21-6-3-4-9-24(21)23/h3-13,22,25-26,29H,14-18H2,1-2H3. The molecule has 3 nitrogen and oxygen atoms in total. The number of aliphatic hydroxyl groups excluding tert-OH is 1. The average Bonchev–Trinajstić information content (AvgIpc) is 2.74. The normalized spacial score (nSPS) is 21.8. The van der Waals surface area contributed by atoms with Gasteiger partial charge in [0, 0.05) is 18.9 Å². The van der Waals surface area contributed by atoms with Gasteiger partial charge >= 0.3 is 0 Å². The monoisotopic (exact) mass is 401 g/mol. The Labute approximate surface area is 179 Å². The number of ketones is 1. The van der Waals surface area contributed by atoms with Crippen LogP contribution in [-0.4, -0.2) is 36.0 Å². The lowest BCUT2D eigenvalue weighted by molar-refractivity contribution is -0.127. The van der Waals surface area contributed by atoms with Crippen molar-refractivity contribution in [1.29, 1.82) is 0 Å². The van der Waals surface area contributed by atoms with E-state index in [1.807, 2.05) is 24.3 Å². The molecule has 1 aliphatic carbocycles. The summed E-state index contributed by atoms with van der Waals surface area (Å²) in [4.78, 5) is 15.4. The van der Waals surface area contributed by atoms with Gasteiger partial charge in [0.2, 0.25) is 0 Å². The zero-order valence-corrected chi connectivity index (χ0v) is 17.9. The lowest BCUT2D eigenvalue weighted by Crippen LogP contribution is -2.35. The van der Waals surface area contributed by atoms with E-state index in [0.717, 1.165) is 35.7 Å². The van der Waals surface area contributed by atoms with E-state index in [0.29, 0.717) is 18.8 Å². The summed E-state index contributed by atoms with van der Waals surface area (Å²) in [6, 6.07) is 23.1. The van der Waals surface area contributed by atoms with Crippen molar-refractivity contribution in [2.75, 3.05) is 14.1 Å². The first-order chi connectivity index (χ1) is 14.5. The molecule has 3 heteroatoms. The number of rotatable bonds is 6. The minimum Gasteiger partial charge on any atom is -0.392 e. The molecule has 0 aromatic heterocycles. The number of aliphatic hydroxyl groups is 1. The highest BCUT2D eigenvalue weighted by Gasteiger charge is 2.34. The molecular formula is C27H31NO2. The van der Waals surface area contributed by atoms with Gasteiger partial charge in [-0.1, -0.05) is 66.7 Å². The van der Waals surface area contributed by atoms with E-state index in [1.165, 1.54) is 11.1 Å². The van der Waals surface area contributed by atoms with Crippen LogP contribution in [0.3, 0.4) is 0 Å². The van der Waals surface area contributed by atoms with E-state index < -0.39 is 6.10 Å². The van der Waals surface area contributed by atoms with E-state index in [1.54, 1.807) is 0 Å². The van der Waals surface area contributed by atoms with E-state index in [9.17, 15) is 9.90 Å². The maximum absolute atomic E-state index is 13.2. The van der Waals surface area contributed by atoms with Gasteiger partial charge in [-0.05, 0) is 66.7 Å². The predicted octanol–water partition coefficient (Wildman–Crippen LogP) is 4.96. The molecule has 4 rings (SSSR count). The molecule has 3 atom stereocenters. The molecule has 0 heterocycles. The molecule has 0 bridgehead atoms. The fraction of sp³-hybridized carbons (Fsp3) is 0.370. The Morgan fingerprint density at radius 3 is 2.47 bits per heavy atom. The smallest absolute Gasteiger partial charge is 0.142 e. The molecular weight excluding hydrogens is 370 g/mol. The van der Waals surface area contributed by atoms with Gasteiger partial charge in [0.1, 0.15) is 5.78 Å². The minimum atomic E-state index is -0.531. The molecule has 3 aromatic carbocycles. The van der Waals surface area contributed by atoms with E-state index in [2.05, 4.69) is 61.5 Å². The maximum Gasteiger partial charge on any atom is 0.142 e. The SMILES string of the molecule is CN(C)Cc1ccc(C2CCC(O)C(C(=O)Cc3cccc4ccccc34)C2)cc1. The summed E-state index contributed by atoms with van der Waals surface area (Å²) in [5.74, 6) is 0.209. The van der Waals surface area contributed by atoms with Crippen LogP contribution in [0.15, 0.2) is 66.7 Å². The topological polar surface area (TPSA) is 40.5 Å². The summed E-state index contributed by atoms with van der Waals surface area (Å²) in [5.41, 5.74) is 3.64. The van der Waals surface area contributed by atoms with Crippen LogP contribution < -0.4 is 0 Å². The minimum absolute atomic E-state index is 0.160. The first-order valence-corrected chi connectivity index (χ1v) is 10.9. The Hall–Kier alpha value is -2.49. The summed E-state index contributed by atoms with van der Waals surface area (Å²) >= 11 is 0. The van der Waals surface area contributed by atoms with E-state index in [-0.39, 0.29) is 11.7 Å². The molecule has 3 unspecified atom stereocenters. The molecule has 156 valence electrons. The van der Waals surface area contributed by atoms with Gasteiger partial charge in [-0.2, -0.15) is 0 Å². The third-order valence-electron chi connectivity index (χ3n) is 6.42. The Balaban J connectivity index is 1.48. The van der Waals surface area contributed by atoms with Crippen molar-refractivity contribution >= 4 is 16.6 Å². The molecule has 1 saturated carbocycles. The summed E-state index contributed by atoms with van der Waals surface area (Å²) in [6.07, 6.45) is 2.22. The van der Waals surface area contributed by atoms with Crippen molar-refractivity contribution in [3.05, 3.63) is 83.4 Å². The third-order valence-corrected chi connectivity index (χ3v) is 6.42. The highest BCUT2D eigenvalue weighted by atomic mass is 16.3. The van der Waals surface area contributed by atoms with Crippen LogP contribution in [0.5, 0.6) is 0 Å². The quantitative estimate of drug-likeness (QED) is 0.635. The largest absolute Gasteiger partial charge is 0.392 e. The molecule has 0 aliphatic heterocycles.